The SMILES string of the molecule is COC(=O)c1cc(Oc2nc(C(F)(F)F)nc3ccccc23)cc(C(=O)OC)c1. The van der Waals surface area contributed by atoms with Gasteiger partial charge in [-0.1, -0.05) is 12.1 Å². The fraction of sp³-hybridized carbons (Fsp3) is 0.158. The van der Waals surface area contributed by atoms with Gasteiger partial charge in [0.15, 0.2) is 0 Å². The lowest BCUT2D eigenvalue weighted by Gasteiger charge is -2.13. The van der Waals surface area contributed by atoms with Crippen molar-refractivity contribution >= 4 is 22.8 Å². The lowest BCUT2D eigenvalue weighted by Crippen LogP contribution is -2.12. The first-order valence-electron chi connectivity index (χ1n) is 8.06. The maximum absolute atomic E-state index is 13.2. The van der Waals surface area contributed by atoms with E-state index in [-0.39, 0.29) is 33.7 Å². The van der Waals surface area contributed by atoms with E-state index in [1.54, 1.807) is 6.07 Å². The fourth-order valence-corrected chi connectivity index (χ4v) is 2.49. The average molecular weight is 406 g/mol. The van der Waals surface area contributed by atoms with Crippen molar-refractivity contribution < 1.29 is 37.0 Å². The topological polar surface area (TPSA) is 87.6 Å². The summed E-state index contributed by atoms with van der Waals surface area (Å²) in [6, 6.07) is 9.59. The molecule has 0 unspecified atom stereocenters. The Bertz CT molecular complexity index is 1060. The molecule has 1 aromatic heterocycles. The van der Waals surface area contributed by atoms with Crippen LogP contribution in [0.2, 0.25) is 0 Å². The second-order valence-electron chi connectivity index (χ2n) is 5.70. The van der Waals surface area contributed by atoms with Gasteiger partial charge in [0.25, 0.3) is 0 Å². The van der Waals surface area contributed by atoms with Gasteiger partial charge in [-0.15, -0.1) is 0 Å². The monoisotopic (exact) mass is 406 g/mol. The summed E-state index contributed by atoms with van der Waals surface area (Å²) in [5.74, 6) is -3.43. The molecule has 0 saturated heterocycles. The number of alkyl halides is 3. The molecule has 10 heteroatoms. The summed E-state index contributed by atoms with van der Waals surface area (Å²) in [7, 11) is 2.28. The van der Waals surface area contributed by atoms with Crippen molar-refractivity contribution in [3.8, 4) is 11.6 Å². The molecule has 0 radical (unpaired) electrons. The second-order valence-corrected chi connectivity index (χ2v) is 5.70. The molecule has 3 rings (SSSR count). The van der Waals surface area contributed by atoms with Crippen LogP contribution in [0.5, 0.6) is 11.6 Å². The number of esters is 2. The van der Waals surface area contributed by atoms with Crippen molar-refractivity contribution in [2.45, 2.75) is 6.18 Å². The molecule has 0 saturated carbocycles. The smallest absolute Gasteiger partial charge is 0.451 e. The molecule has 0 spiro atoms. The molecule has 0 fully saturated rings. The van der Waals surface area contributed by atoms with Crippen LogP contribution in [0.3, 0.4) is 0 Å². The molecule has 3 aromatic rings. The summed E-state index contributed by atoms with van der Waals surface area (Å²) in [4.78, 5) is 30.7. The van der Waals surface area contributed by atoms with Crippen LogP contribution in [0.1, 0.15) is 26.5 Å². The van der Waals surface area contributed by atoms with Gasteiger partial charge in [-0.3, -0.25) is 0 Å². The largest absolute Gasteiger partial charge is 0.465 e. The van der Waals surface area contributed by atoms with E-state index in [0.717, 1.165) is 14.2 Å². The van der Waals surface area contributed by atoms with Crippen molar-refractivity contribution in [2.75, 3.05) is 14.2 Å². The zero-order valence-electron chi connectivity index (χ0n) is 15.1. The maximum atomic E-state index is 13.2. The third-order valence-corrected chi connectivity index (χ3v) is 3.79. The number of ether oxygens (including phenoxy) is 3. The highest BCUT2D eigenvalue weighted by atomic mass is 19.4. The van der Waals surface area contributed by atoms with Crippen molar-refractivity contribution in [1.29, 1.82) is 0 Å². The molecule has 0 atom stereocenters. The van der Waals surface area contributed by atoms with Crippen molar-refractivity contribution in [3.05, 3.63) is 59.4 Å². The lowest BCUT2D eigenvalue weighted by molar-refractivity contribution is -0.144. The zero-order valence-corrected chi connectivity index (χ0v) is 15.1. The molecule has 150 valence electrons. The van der Waals surface area contributed by atoms with E-state index in [0.29, 0.717) is 0 Å². The third kappa shape index (κ3) is 4.26. The highest BCUT2D eigenvalue weighted by molar-refractivity contribution is 5.96. The van der Waals surface area contributed by atoms with Crippen LogP contribution in [0.25, 0.3) is 10.9 Å². The normalized spacial score (nSPS) is 11.2. The number of aromatic nitrogens is 2. The van der Waals surface area contributed by atoms with Gasteiger partial charge in [0.05, 0.1) is 36.2 Å². The lowest BCUT2D eigenvalue weighted by atomic mass is 10.1. The van der Waals surface area contributed by atoms with Crippen LogP contribution in [0.4, 0.5) is 13.2 Å². The molecule has 0 aliphatic rings. The molecular weight excluding hydrogens is 393 g/mol. The first-order valence-corrected chi connectivity index (χ1v) is 8.06. The Morgan fingerprint density at radius 3 is 2.03 bits per heavy atom. The Morgan fingerprint density at radius 2 is 1.48 bits per heavy atom. The third-order valence-electron chi connectivity index (χ3n) is 3.79. The van der Waals surface area contributed by atoms with E-state index >= 15 is 0 Å². The van der Waals surface area contributed by atoms with E-state index in [1.165, 1.54) is 36.4 Å². The Morgan fingerprint density at radius 1 is 0.897 bits per heavy atom. The first kappa shape index (κ1) is 20.1. The number of para-hydroxylation sites is 1. The second kappa shape index (κ2) is 7.74. The molecule has 7 nitrogen and oxygen atoms in total. The highest BCUT2D eigenvalue weighted by Crippen LogP contribution is 2.33. The maximum Gasteiger partial charge on any atom is 0.451 e. The van der Waals surface area contributed by atoms with Crippen LogP contribution in [0.15, 0.2) is 42.5 Å². The predicted molar refractivity (Wildman–Crippen MR) is 93.7 cm³/mol. The van der Waals surface area contributed by atoms with Gasteiger partial charge in [-0.2, -0.15) is 18.2 Å². The van der Waals surface area contributed by atoms with Crippen LogP contribution in [-0.2, 0) is 15.7 Å². The first-order chi connectivity index (χ1) is 13.7. The number of methoxy groups -OCH3 is 2. The van der Waals surface area contributed by atoms with Crippen LogP contribution < -0.4 is 4.74 Å². The summed E-state index contributed by atoms with van der Waals surface area (Å²) < 4.78 is 54.3. The Balaban J connectivity index is 2.15. The van der Waals surface area contributed by atoms with E-state index < -0.39 is 23.9 Å². The number of benzene rings is 2. The molecule has 0 aliphatic heterocycles. The van der Waals surface area contributed by atoms with Crippen LogP contribution in [-0.4, -0.2) is 36.1 Å². The number of fused-ring (bicyclic) bond motifs is 1. The van der Waals surface area contributed by atoms with Crippen molar-refractivity contribution in [1.82, 2.24) is 9.97 Å². The Labute approximate surface area is 162 Å². The molecule has 2 aromatic carbocycles. The predicted octanol–water partition coefficient (Wildman–Crippen LogP) is 4.01. The molecule has 0 amide bonds. The van der Waals surface area contributed by atoms with Crippen molar-refractivity contribution in [2.24, 2.45) is 0 Å². The van der Waals surface area contributed by atoms with Crippen LogP contribution in [0, 0.1) is 0 Å². The molecular formula is C19H13F3N2O5. The van der Waals surface area contributed by atoms with Gasteiger partial charge < -0.3 is 14.2 Å². The Hall–Kier alpha value is -3.69. The summed E-state index contributed by atoms with van der Waals surface area (Å²) in [6.45, 7) is 0. The summed E-state index contributed by atoms with van der Waals surface area (Å²) in [6.07, 6.45) is -4.80. The number of carbonyl (C=O) groups is 2. The minimum atomic E-state index is -4.80. The number of halogens is 3. The van der Waals surface area contributed by atoms with Gasteiger partial charge in [-0.25, -0.2) is 14.6 Å². The zero-order chi connectivity index (χ0) is 21.2. The number of rotatable bonds is 4. The van der Waals surface area contributed by atoms with E-state index in [4.69, 9.17) is 4.74 Å². The van der Waals surface area contributed by atoms with E-state index in [2.05, 4.69) is 19.4 Å². The summed E-state index contributed by atoms with van der Waals surface area (Å²) >= 11 is 0. The van der Waals surface area contributed by atoms with Crippen molar-refractivity contribution in [3.63, 3.8) is 0 Å². The summed E-state index contributed by atoms with van der Waals surface area (Å²) in [5.41, 5.74) is -0.0956. The quantitative estimate of drug-likeness (QED) is 0.605. The molecule has 1 heterocycles. The summed E-state index contributed by atoms with van der Waals surface area (Å²) in [5, 5.41) is 0.212. The minimum absolute atomic E-state index is 0.0159. The van der Waals surface area contributed by atoms with Gasteiger partial charge in [0.1, 0.15) is 5.75 Å². The molecule has 29 heavy (non-hydrogen) atoms. The fourth-order valence-electron chi connectivity index (χ4n) is 2.49. The van der Waals surface area contributed by atoms with Crippen LogP contribution >= 0.6 is 0 Å². The standard InChI is InChI=1S/C19H13F3N2O5/c1-27-16(25)10-7-11(17(26)28-2)9-12(8-10)29-15-13-5-3-4-6-14(13)23-18(24-15)19(20,21)22/h3-9H,1-2H3. The van der Waals surface area contributed by atoms with E-state index in [9.17, 15) is 22.8 Å². The average Bonchev–Trinajstić information content (AvgIpc) is 2.71. The number of carbonyl (C=O) groups excluding carboxylic acids is 2. The van der Waals surface area contributed by atoms with Gasteiger partial charge in [-0.05, 0) is 30.3 Å². The van der Waals surface area contributed by atoms with E-state index in [1.807, 2.05) is 0 Å². The van der Waals surface area contributed by atoms with Gasteiger partial charge >= 0.3 is 18.1 Å². The number of nitrogens with zero attached hydrogens (tertiary/aromatic N) is 2. The highest BCUT2D eigenvalue weighted by Gasteiger charge is 2.36. The Kier molecular flexibility index (Phi) is 5.35. The minimum Gasteiger partial charge on any atom is -0.465 e. The molecule has 0 N–H and O–H groups in total. The molecule has 0 aliphatic carbocycles. The van der Waals surface area contributed by atoms with Gasteiger partial charge in [0, 0.05) is 0 Å². The number of hydrogen-bond donors (Lipinski definition) is 0. The number of hydrogen-bond acceptors (Lipinski definition) is 7. The molecule has 0 bridgehead atoms. The van der Waals surface area contributed by atoms with Gasteiger partial charge in [0.2, 0.25) is 11.7 Å².